The van der Waals surface area contributed by atoms with Gasteiger partial charge in [-0.1, -0.05) is 34.1 Å². The third-order valence-electron chi connectivity index (χ3n) is 4.54. The second kappa shape index (κ2) is 6.48. The second-order valence-corrected chi connectivity index (χ2v) is 6.95. The molecule has 0 N–H and O–H groups in total. The first kappa shape index (κ1) is 17.2. The lowest BCUT2D eigenvalue weighted by Crippen LogP contribution is -2.00. The van der Waals surface area contributed by atoms with Gasteiger partial charge < -0.3 is 4.57 Å². The summed E-state index contributed by atoms with van der Waals surface area (Å²) in [6.07, 6.45) is 0. The van der Waals surface area contributed by atoms with E-state index in [2.05, 4.69) is 15.9 Å². The molecule has 3 aromatic carbocycles. The van der Waals surface area contributed by atoms with Gasteiger partial charge in [-0.15, -0.1) is 0 Å². The van der Waals surface area contributed by atoms with Gasteiger partial charge in [-0.2, -0.15) is 0 Å². The van der Waals surface area contributed by atoms with Gasteiger partial charge in [0.2, 0.25) is 0 Å². The molecule has 1 heterocycles. The third-order valence-corrected chi connectivity index (χ3v) is 5.31. The van der Waals surface area contributed by atoms with Gasteiger partial charge in [0.05, 0.1) is 9.85 Å². The Kier molecular flexibility index (Phi) is 4.12. The minimum atomic E-state index is -0.465. The number of aromatic nitrogens is 1. The first-order chi connectivity index (χ1) is 13.0. The zero-order chi connectivity index (χ0) is 19.1. The van der Waals surface area contributed by atoms with Crippen LogP contribution in [0.15, 0.2) is 65.1 Å². The fraction of sp³-hybridized carbons (Fsp3) is 0.0526. The third kappa shape index (κ3) is 2.93. The van der Waals surface area contributed by atoms with Crippen LogP contribution in [-0.2, 0) is 6.54 Å². The summed E-state index contributed by atoms with van der Waals surface area (Å²) < 4.78 is 2.96. The van der Waals surface area contributed by atoms with Crippen molar-refractivity contribution in [1.82, 2.24) is 4.57 Å². The largest absolute Gasteiger partial charge is 0.336 e. The van der Waals surface area contributed by atoms with E-state index in [1.54, 1.807) is 12.1 Å². The van der Waals surface area contributed by atoms with Crippen LogP contribution in [0.1, 0.15) is 5.56 Å². The summed E-state index contributed by atoms with van der Waals surface area (Å²) in [6.45, 7) is 0.525. The molecule has 8 heteroatoms. The summed E-state index contributed by atoms with van der Waals surface area (Å²) >= 11 is 3.54. The van der Waals surface area contributed by atoms with Crippen molar-refractivity contribution in [2.24, 2.45) is 0 Å². The molecule has 4 rings (SSSR count). The van der Waals surface area contributed by atoms with Crippen molar-refractivity contribution in [1.29, 1.82) is 0 Å². The highest BCUT2D eigenvalue weighted by Crippen LogP contribution is 2.35. The molecule has 1 aromatic heterocycles. The van der Waals surface area contributed by atoms with Gasteiger partial charge in [-0.3, -0.25) is 20.2 Å². The predicted molar refractivity (Wildman–Crippen MR) is 106 cm³/mol. The number of nitro benzene ring substituents is 2. The molecule has 0 saturated carbocycles. The topological polar surface area (TPSA) is 91.2 Å². The Morgan fingerprint density at radius 3 is 1.81 bits per heavy atom. The first-order valence-corrected chi connectivity index (χ1v) is 8.83. The van der Waals surface area contributed by atoms with Gasteiger partial charge in [-0.25, -0.2) is 0 Å². The minimum absolute atomic E-state index is 0.0473. The SMILES string of the molecule is O=[N+]([O-])c1ccc2c(c1)c1cc([N+](=O)[O-])ccc1n2Cc1ccccc1Br. The summed E-state index contributed by atoms with van der Waals surface area (Å²) in [5, 5.41) is 23.6. The van der Waals surface area contributed by atoms with Gasteiger partial charge in [0, 0.05) is 57.1 Å². The number of hydrogen-bond acceptors (Lipinski definition) is 4. The Morgan fingerprint density at radius 1 is 0.815 bits per heavy atom. The van der Waals surface area contributed by atoms with E-state index >= 15 is 0 Å². The van der Waals surface area contributed by atoms with Crippen molar-refractivity contribution in [2.75, 3.05) is 0 Å². The van der Waals surface area contributed by atoms with E-state index in [0.717, 1.165) is 21.1 Å². The molecule has 0 aliphatic heterocycles. The Balaban J connectivity index is 2.02. The molecular formula is C19H12BrN3O4. The lowest BCUT2D eigenvalue weighted by atomic mass is 10.1. The zero-order valence-corrected chi connectivity index (χ0v) is 15.4. The quantitative estimate of drug-likeness (QED) is 0.322. The Bertz CT molecular complexity index is 1160. The van der Waals surface area contributed by atoms with Gasteiger partial charge in [0.15, 0.2) is 0 Å². The van der Waals surface area contributed by atoms with Crippen molar-refractivity contribution in [3.63, 3.8) is 0 Å². The summed E-state index contributed by atoms with van der Waals surface area (Å²) in [7, 11) is 0. The van der Waals surface area contributed by atoms with Crippen LogP contribution in [0.3, 0.4) is 0 Å². The number of halogens is 1. The molecule has 4 aromatic rings. The van der Waals surface area contributed by atoms with Crippen molar-refractivity contribution < 1.29 is 9.85 Å². The fourth-order valence-electron chi connectivity index (χ4n) is 3.27. The molecule has 7 nitrogen and oxygen atoms in total. The lowest BCUT2D eigenvalue weighted by molar-refractivity contribution is -0.385. The molecule has 0 radical (unpaired) electrons. The van der Waals surface area contributed by atoms with Gasteiger partial charge in [0.1, 0.15) is 0 Å². The first-order valence-electron chi connectivity index (χ1n) is 8.04. The van der Waals surface area contributed by atoms with Crippen molar-refractivity contribution >= 4 is 49.1 Å². The summed E-state index contributed by atoms with van der Waals surface area (Å²) in [5.41, 5.74) is 2.51. The number of rotatable bonds is 4. The van der Waals surface area contributed by atoms with Gasteiger partial charge in [-0.05, 0) is 23.8 Å². The van der Waals surface area contributed by atoms with Gasteiger partial charge >= 0.3 is 0 Å². The Morgan fingerprint density at radius 2 is 1.33 bits per heavy atom. The van der Waals surface area contributed by atoms with Crippen LogP contribution in [0.2, 0.25) is 0 Å². The molecule has 0 amide bonds. The van der Waals surface area contributed by atoms with E-state index in [1.807, 2.05) is 28.8 Å². The van der Waals surface area contributed by atoms with E-state index in [-0.39, 0.29) is 11.4 Å². The number of fused-ring (bicyclic) bond motifs is 3. The summed E-state index contributed by atoms with van der Waals surface area (Å²) in [4.78, 5) is 21.4. The predicted octanol–water partition coefficient (Wildman–Crippen LogP) is 5.42. The van der Waals surface area contributed by atoms with Crippen LogP contribution in [0.25, 0.3) is 21.8 Å². The Labute approximate surface area is 161 Å². The fourth-order valence-corrected chi connectivity index (χ4v) is 3.68. The van der Waals surface area contributed by atoms with Crippen LogP contribution in [-0.4, -0.2) is 14.4 Å². The minimum Gasteiger partial charge on any atom is -0.336 e. The molecule has 0 bridgehead atoms. The maximum absolute atomic E-state index is 11.2. The maximum atomic E-state index is 11.2. The number of hydrogen-bond donors (Lipinski definition) is 0. The van der Waals surface area contributed by atoms with Crippen LogP contribution >= 0.6 is 15.9 Å². The lowest BCUT2D eigenvalue weighted by Gasteiger charge is -2.09. The van der Waals surface area contributed by atoms with Crippen LogP contribution in [0.5, 0.6) is 0 Å². The zero-order valence-electron chi connectivity index (χ0n) is 13.8. The number of nitro groups is 2. The number of nitrogens with zero attached hydrogens (tertiary/aromatic N) is 3. The van der Waals surface area contributed by atoms with E-state index in [1.165, 1.54) is 24.3 Å². The number of benzene rings is 3. The molecular weight excluding hydrogens is 414 g/mol. The molecule has 0 atom stereocenters. The van der Waals surface area contributed by atoms with Gasteiger partial charge in [0.25, 0.3) is 11.4 Å². The standard InChI is InChI=1S/C19H12BrN3O4/c20-17-4-2-1-3-12(17)11-21-18-7-5-13(22(24)25)9-15(18)16-10-14(23(26)27)6-8-19(16)21/h1-10H,11H2. The summed E-state index contributed by atoms with van der Waals surface area (Å²) in [5.74, 6) is 0. The van der Waals surface area contributed by atoms with Crippen molar-refractivity contribution in [2.45, 2.75) is 6.54 Å². The molecule has 0 aliphatic rings. The highest BCUT2D eigenvalue weighted by Gasteiger charge is 2.18. The molecule has 27 heavy (non-hydrogen) atoms. The Hall–Kier alpha value is -3.26. The number of non-ortho nitro benzene ring substituents is 2. The monoisotopic (exact) mass is 425 g/mol. The molecule has 0 unspecified atom stereocenters. The molecule has 0 fully saturated rings. The van der Waals surface area contributed by atoms with E-state index in [0.29, 0.717) is 17.3 Å². The average molecular weight is 426 g/mol. The maximum Gasteiger partial charge on any atom is 0.270 e. The molecule has 0 spiro atoms. The normalized spacial score (nSPS) is 11.1. The van der Waals surface area contributed by atoms with Crippen molar-refractivity contribution in [3.8, 4) is 0 Å². The second-order valence-electron chi connectivity index (χ2n) is 6.09. The van der Waals surface area contributed by atoms with E-state index in [4.69, 9.17) is 0 Å². The molecule has 0 saturated heterocycles. The smallest absolute Gasteiger partial charge is 0.270 e. The average Bonchev–Trinajstić information content (AvgIpc) is 2.96. The molecule has 0 aliphatic carbocycles. The van der Waals surface area contributed by atoms with Crippen LogP contribution in [0, 0.1) is 20.2 Å². The van der Waals surface area contributed by atoms with Crippen LogP contribution in [0.4, 0.5) is 11.4 Å². The molecule has 134 valence electrons. The summed E-state index contributed by atoms with van der Waals surface area (Å²) in [6, 6.07) is 17.0. The highest BCUT2D eigenvalue weighted by atomic mass is 79.9. The van der Waals surface area contributed by atoms with Crippen LogP contribution < -0.4 is 0 Å². The highest BCUT2D eigenvalue weighted by molar-refractivity contribution is 9.10. The van der Waals surface area contributed by atoms with E-state index < -0.39 is 9.85 Å². The van der Waals surface area contributed by atoms with Crippen molar-refractivity contribution in [3.05, 3.63) is 90.9 Å². The van der Waals surface area contributed by atoms with E-state index in [9.17, 15) is 20.2 Å².